The summed E-state index contributed by atoms with van der Waals surface area (Å²) >= 11 is 0. The van der Waals surface area contributed by atoms with Crippen LogP contribution in [0.15, 0.2) is 12.4 Å². The van der Waals surface area contributed by atoms with Crippen LogP contribution < -0.4 is 34.7 Å². The number of carboxylic acid groups (broad SMARTS) is 1. The fourth-order valence-corrected chi connectivity index (χ4v) is 5.21. The molecule has 3 rings (SSSR count). The number of hydrogen-bond acceptors (Lipinski definition) is 7. The molecule has 2 fully saturated rings. The van der Waals surface area contributed by atoms with Crippen LogP contribution in [0.3, 0.4) is 0 Å². The molecule has 21 heavy (non-hydrogen) atoms. The molecule has 0 aliphatic carbocycles. The summed E-state index contributed by atoms with van der Waals surface area (Å²) in [6.07, 6.45) is 2.53. The van der Waals surface area contributed by atoms with Gasteiger partial charge in [0.1, 0.15) is 10.1 Å². The maximum Gasteiger partial charge on any atom is 1.00 e. The van der Waals surface area contributed by atoms with Crippen molar-refractivity contribution in [2.45, 2.75) is 36.1 Å². The molecular formula is C10H11N4NaO5S. The third-order valence-corrected chi connectivity index (χ3v) is 6.72. The molecule has 0 N–H and O–H groups in total. The fraction of sp³-hybridized carbons (Fsp3) is 0.600. The Balaban J connectivity index is 0.00000161. The normalized spacial score (nSPS) is 33.0. The molecule has 0 unspecified atom stereocenters. The molecule has 3 atom stereocenters. The van der Waals surface area contributed by atoms with Gasteiger partial charge in [-0.1, -0.05) is 0 Å². The van der Waals surface area contributed by atoms with Crippen LogP contribution in [0.1, 0.15) is 13.3 Å². The average Bonchev–Trinajstić information content (AvgIpc) is 2.87. The minimum Gasteiger partial charge on any atom is -0.548 e. The predicted octanol–water partition coefficient (Wildman–Crippen LogP) is -5.85. The van der Waals surface area contributed by atoms with E-state index in [1.165, 1.54) is 19.3 Å². The van der Waals surface area contributed by atoms with Gasteiger partial charge in [-0.3, -0.25) is 4.79 Å². The second-order valence-corrected chi connectivity index (χ2v) is 7.67. The molecule has 9 nitrogen and oxygen atoms in total. The Morgan fingerprint density at radius 1 is 1.48 bits per heavy atom. The van der Waals surface area contributed by atoms with E-state index in [4.69, 9.17) is 0 Å². The smallest absolute Gasteiger partial charge is 0.548 e. The molecule has 0 saturated carbocycles. The van der Waals surface area contributed by atoms with E-state index in [1.54, 1.807) is 0 Å². The van der Waals surface area contributed by atoms with Crippen LogP contribution in [0, 0.1) is 0 Å². The van der Waals surface area contributed by atoms with Gasteiger partial charge in [0, 0.05) is 0 Å². The van der Waals surface area contributed by atoms with Crippen molar-refractivity contribution in [2.75, 3.05) is 0 Å². The van der Waals surface area contributed by atoms with Gasteiger partial charge >= 0.3 is 29.6 Å². The number of nitrogens with zero attached hydrogens (tertiary/aromatic N) is 4. The minimum absolute atomic E-state index is 0. The first-order chi connectivity index (χ1) is 9.29. The first kappa shape index (κ1) is 16.4. The third kappa shape index (κ3) is 2.04. The van der Waals surface area contributed by atoms with Crippen molar-refractivity contribution >= 4 is 21.7 Å². The van der Waals surface area contributed by atoms with E-state index in [2.05, 4.69) is 10.2 Å². The number of carbonyl (C=O) groups is 2. The standard InChI is InChI=1S/C10H12N4O5S.Na/c1-10(5-13-11-2-3-12-13)8(9(16)17)14-6(15)4-7(14)20(10,18)19;/h2-3,7-8H,4-5H2,1H3,(H,16,17);/q;+1/p-1/t7-,8+,10+;/m1./s1. The summed E-state index contributed by atoms with van der Waals surface area (Å²) in [6, 6.07) is -1.52. The topological polar surface area (TPSA) is 125 Å². The molecule has 1 amide bonds. The number of fused-ring (bicyclic) bond motifs is 1. The van der Waals surface area contributed by atoms with Crippen LogP contribution in [-0.4, -0.2) is 56.4 Å². The van der Waals surface area contributed by atoms with Crippen molar-refractivity contribution in [1.29, 1.82) is 0 Å². The number of carboxylic acids is 1. The molecule has 2 aliphatic rings. The Morgan fingerprint density at radius 2 is 2.05 bits per heavy atom. The number of amides is 1. The van der Waals surface area contributed by atoms with Crippen molar-refractivity contribution in [3.8, 4) is 0 Å². The minimum atomic E-state index is -3.85. The number of β-lactam (4-membered cyclic amide) rings is 1. The van der Waals surface area contributed by atoms with Gasteiger partial charge in [0.2, 0.25) is 5.91 Å². The predicted molar refractivity (Wildman–Crippen MR) is 61.4 cm³/mol. The van der Waals surface area contributed by atoms with Crippen molar-refractivity contribution in [3.63, 3.8) is 0 Å². The monoisotopic (exact) mass is 322 g/mol. The maximum atomic E-state index is 12.5. The molecule has 11 heteroatoms. The van der Waals surface area contributed by atoms with Gasteiger partial charge in [-0.05, 0) is 6.92 Å². The third-order valence-electron chi connectivity index (χ3n) is 3.96. The summed E-state index contributed by atoms with van der Waals surface area (Å²) in [4.78, 5) is 24.9. The first-order valence-electron chi connectivity index (χ1n) is 5.88. The first-order valence-corrected chi connectivity index (χ1v) is 7.43. The van der Waals surface area contributed by atoms with Gasteiger partial charge < -0.3 is 14.8 Å². The number of sulfone groups is 1. The fourth-order valence-electron chi connectivity index (χ4n) is 2.88. The molecular weight excluding hydrogens is 311 g/mol. The van der Waals surface area contributed by atoms with Crippen molar-refractivity contribution in [2.24, 2.45) is 0 Å². The van der Waals surface area contributed by atoms with Crippen LogP contribution in [0.5, 0.6) is 0 Å². The molecule has 3 heterocycles. The number of carbonyl (C=O) groups excluding carboxylic acids is 2. The Hall–Kier alpha value is -0.970. The summed E-state index contributed by atoms with van der Waals surface area (Å²) in [7, 11) is -3.85. The van der Waals surface area contributed by atoms with Crippen molar-refractivity contribution in [3.05, 3.63) is 12.4 Å². The Morgan fingerprint density at radius 3 is 2.52 bits per heavy atom. The molecule has 0 spiro atoms. The van der Waals surface area contributed by atoms with E-state index in [0.717, 1.165) is 9.70 Å². The summed E-state index contributed by atoms with van der Waals surface area (Å²) < 4.78 is 23.3. The van der Waals surface area contributed by atoms with E-state index in [0.29, 0.717) is 0 Å². The van der Waals surface area contributed by atoms with Gasteiger partial charge in [-0.25, -0.2) is 8.42 Å². The number of aliphatic carboxylic acids is 1. The van der Waals surface area contributed by atoms with Gasteiger partial charge in [-0.2, -0.15) is 15.0 Å². The summed E-state index contributed by atoms with van der Waals surface area (Å²) in [5.74, 6) is -2.08. The Kier molecular flexibility index (Phi) is 3.94. The zero-order valence-corrected chi connectivity index (χ0v) is 14.3. The molecule has 0 bridgehead atoms. The van der Waals surface area contributed by atoms with Crippen molar-refractivity contribution in [1.82, 2.24) is 19.9 Å². The number of rotatable bonds is 3. The number of aromatic nitrogens is 3. The molecule has 1 aromatic rings. The molecule has 0 radical (unpaired) electrons. The maximum absolute atomic E-state index is 12.5. The van der Waals surface area contributed by atoms with E-state index in [1.807, 2.05) is 0 Å². The molecule has 108 valence electrons. The zero-order valence-electron chi connectivity index (χ0n) is 11.5. The van der Waals surface area contributed by atoms with Crippen LogP contribution >= 0.6 is 0 Å². The molecule has 2 saturated heterocycles. The second kappa shape index (κ2) is 5.04. The Bertz CT molecular complexity index is 690. The van der Waals surface area contributed by atoms with Crippen LogP contribution in [-0.2, 0) is 26.0 Å². The summed E-state index contributed by atoms with van der Waals surface area (Å²) in [5, 5.41) is 17.9. The molecule has 2 aliphatic heterocycles. The van der Waals surface area contributed by atoms with E-state index >= 15 is 0 Å². The van der Waals surface area contributed by atoms with Gasteiger partial charge in [-0.15, -0.1) is 0 Å². The van der Waals surface area contributed by atoms with E-state index in [-0.39, 0.29) is 42.5 Å². The van der Waals surface area contributed by atoms with Gasteiger partial charge in [0.25, 0.3) is 0 Å². The SMILES string of the molecule is C[C@]1(Cn2nccn2)[C@H](C(=O)[O-])N2C(=O)C[C@H]2S1(=O)=O.[Na+]. The van der Waals surface area contributed by atoms with Crippen LogP contribution in [0.4, 0.5) is 0 Å². The number of hydrogen-bond donors (Lipinski definition) is 0. The van der Waals surface area contributed by atoms with Crippen molar-refractivity contribution < 1.29 is 52.7 Å². The molecule has 1 aromatic heterocycles. The van der Waals surface area contributed by atoms with Gasteiger partial charge in [0.15, 0.2) is 9.84 Å². The van der Waals surface area contributed by atoms with Crippen LogP contribution in [0.2, 0.25) is 0 Å². The van der Waals surface area contributed by atoms with E-state index in [9.17, 15) is 23.1 Å². The quantitative estimate of drug-likeness (QED) is 0.401. The molecule has 0 aromatic carbocycles. The average molecular weight is 322 g/mol. The van der Waals surface area contributed by atoms with Crippen LogP contribution in [0.25, 0.3) is 0 Å². The summed E-state index contributed by atoms with van der Waals surface area (Å²) in [6.45, 7) is 1.04. The Labute approximate surface area is 142 Å². The van der Waals surface area contributed by atoms with E-state index < -0.39 is 37.9 Å². The zero-order chi connectivity index (χ0) is 14.7. The van der Waals surface area contributed by atoms with Gasteiger partial charge in [0.05, 0.1) is 37.4 Å². The second-order valence-electron chi connectivity index (χ2n) is 5.10. The summed E-state index contributed by atoms with van der Waals surface area (Å²) in [5.41, 5.74) is 0. The largest absolute Gasteiger partial charge is 1.00 e.